The molecule has 0 radical (unpaired) electrons. The minimum Gasteiger partial charge on any atom is -0.384 e. The Bertz CT molecular complexity index is 598. The number of hydrogen-bond acceptors (Lipinski definition) is 3. The number of nitrogens with zero attached hydrogens (tertiary/aromatic N) is 1. The van der Waals surface area contributed by atoms with E-state index >= 15 is 0 Å². The molecule has 0 unspecified atom stereocenters. The molecule has 1 fully saturated rings. The van der Waals surface area contributed by atoms with Crippen molar-refractivity contribution in [2.75, 3.05) is 0 Å². The molecule has 8 heteroatoms. The third-order valence-corrected chi connectivity index (χ3v) is 3.90. The summed E-state index contributed by atoms with van der Waals surface area (Å²) in [7, 11) is 0. The average Bonchev–Trinajstić information content (AvgIpc) is 3.17. The van der Waals surface area contributed by atoms with Crippen LogP contribution in [-0.2, 0) is 6.54 Å². The van der Waals surface area contributed by atoms with Crippen LogP contribution in [0, 0.1) is 15.5 Å². The van der Waals surface area contributed by atoms with Crippen LogP contribution in [-0.4, -0.2) is 11.1 Å². The maximum absolute atomic E-state index is 12.9. The lowest BCUT2D eigenvalue weighted by atomic mass is 10.0. The number of nitrogens with one attached hydrogen (secondary N) is 1. The number of halogens is 4. The summed E-state index contributed by atoms with van der Waals surface area (Å²) in [5, 5.41) is 13.3. The van der Waals surface area contributed by atoms with Crippen LogP contribution in [0.1, 0.15) is 18.4 Å². The zero-order valence-electron chi connectivity index (χ0n) is 10.8. The van der Waals surface area contributed by atoms with Gasteiger partial charge >= 0.3 is 6.18 Å². The second kappa shape index (κ2) is 5.22. The summed E-state index contributed by atoms with van der Waals surface area (Å²) in [4.78, 5) is 10.1. The molecule has 0 saturated heterocycles. The molecule has 4 nitrogen and oxygen atoms in total. The van der Waals surface area contributed by atoms with Gasteiger partial charge in [0, 0.05) is 18.3 Å². The van der Waals surface area contributed by atoms with Gasteiger partial charge in [0.25, 0.3) is 5.69 Å². The Morgan fingerprint density at radius 2 is 2.10 bits per heavy atom. The molecule has 21 heavy (non-hydrogen) atoms. The van der Waals surface area contributed by atoms with Crippen LogP contribution in [0.25, 0.3) is 0 Å². The number of benzene rings is 1. The standard InChI is InChI=1S/C13H12ClF3N2O2/c1-8(12(4-5-12)13(15,16)17)18-7-9-2-3-10(14)11(6-9)19(20)21/h2-3,6,18H,1,4-5,7H2. The summed E-state index contributed by atoms with van der Waals surface area (Å²) < 4.78 is 38.7. The van der Waals surface area contributed by atoms with Crippen molar-refractivity contribution in [3.63, 3.8) is 0 Å². The maximum atomic E-state index is 12.9. The second-order valence-electron chi connectivity index (χ2n) is 4.95. The van der Waals surface area contributed by atoms with Crippen LogP contribution in [0.4, 0.5) is 18.9 Å². The van der Waals surface area contributed by atoms with Gasteiger partial charge in [0.15, 0.2) is 0 Å². The molecule has 0 bridgehead atoms. The van der Waals surface area contributed by atoms with E-state index in [2.05, 4.69) is 11.9 Å². The molecule has 1 N–H and O–H groups in total. The first-order valence-corrected chi connectivity index (χ1v) is 6.48. The smallest absolute Gasteiger partial charge is 0.384 e. The SMILES string of the molecule is C=C(NCc1ccc(Cl)c([N+](=O)[O-])c1)C1(C(F)(F)F)CC1. The quantitative estimate of drug-likeness (QED) is 0.653. The van der Waals surface area contributed by atoms with Crippen LogP contribution in [0.15, 0.2) is 30.5 Å². The highest BCUT2D eigenvalue weighted by molar-refractivity contribution is 6.32. The molecular weight excluding hydrogens is 309 g/mol. The highest BCUT2D eigenvalue weighted by Crippen LogP contribution is 2.61. The van der Waals surface area contributed by atoms with Crippen LogP contribution >= 0.6 is 11.6 Å². The Kier molecular flexibility index (Phi) is 3.88. The number of nitro benzene ring substituents is 1. The minimum absolute atomic E-state index is 0.0170. The lowest BCUT2D eigenvalue weighted by Gasteiger charge is -2.22. The topological polar surface area (TPSA) is 55.2 Å². The lowest BCUT2D eigenvalue weighted by molar-refractivity contribution is -0.384. The fourth-order valence-corrected chi connectivity index (χ4v) is 2.25. The fraction of sp³-hybridized carbons (Fsp3) is 0.385. The highest BCUT2D eigenvalue weighted by atomic mass is 35.5. The van der Waals surface area contributed by atoms with Gasteiger partial charge in [0.2, 0.25) is 0 Å². The van der Waals surface area contributed by atoms with Gasteiger partial charge in [-0.2, -0.15) is 13.2 Å². The molecule has 0 spiro atoms. The molecule has 0 amide bonds. The van der Waals surface area contributed by atoms with E-state index in [0.29, 0.717) is 5.56 Å². The van der Waals surface area contributed by atoms with E-state index in [1.54, 1.807) is 0 Å². The Labute approximate surface area is 123 Å². The molecule has 0 aliphatic heterocycles. The molecule has 0 atom stereocenters. The Morgan fingerprint density at radius 3 is 2.57 bits per heavy atom. The van der Waals surface area contributed by atoms with Gasteiger partial charge in [-0.15, -0.1) is 0 Å². The van der Waals surface area contributed by atoms with E-state index in [-0.39, 0.29) is 35.8 Å². The monoisotopic (exact) mass is 320 g/mol. The molecule has 1 aromatic carbocycles. The summed E-state index contributed by atoms with van der Waals surface area (Å²) in [6.45, 7) is 3.48. The normalized spacial score (nSPS) is 16.4. The molecule has 0 aromatic heterocycles. The number of nitro groups is 1. The highest BCUT2D eigenvalue weighted by Gasteiger charge is 2.65. The van der Waals surface area contributed by atoms with Gasteiger partial charge in [0.05, 0.1) is 4.92 Å². The van der Waals surface area contributed by atoms with Gasteiger partial charge in [-0.05, 0) is 24.5 Å². The fourth-order valence-electron chi connectivity index (χ4n) is 2.07. The molecule has 1 aliphatic carbocycles. The molecule has 1 aromatic rings. The average molecular weight is 321 g/mol. The van der Waals surface area contributed by atoms with Crippen molar-refractivity contribution in [1.82, 2.24) is 5.32 Å². The number of allylic oxidation sites excluding steroid dienone is 1. The van der Waals surface area contributed by atoms with Gasteiger partial charge < -0.3 is 5.32 Å². The van der Waals surface area contributed by atoms with Crippen molar-refractivity contribution in [2.45, 2.75) is 25.6 Å². The predicted octanol–water partition coefficient (Wildman–Crippen LogP) is 4.19. The Hall–Kier alpha value is -1.76. The zero-order valence-corrected chi connectivity index (χ0v) is 11.6. The van der Waals surface area contributed by atoms with E-state index in [1.165, 1.54) is 18.2 Å². The molecule has 114 valence electrons. The summed E-state index contributed by atoms with van der Waals surface area (Å²) in [5.74, 6) is 0. The van der Waals surface area contributed by atoms with Crippen molar-refractivity contribution in [3.05, 3.63) is 51.2 Å². The Balaban J connectivity index is 2.06. The van der Waals surface area contributed by atoms with E-state index < -0.39 is 16.5 Å². The summed E-state index contributed by atoms with van der Waals surface area (Å²) >= 11 is 5.67. The first-order chi connectivity index (χ1) is 9.67. The first kappa shape index (κ1) is 15.6. The van der Waals surface area contributed by atoms with Crippen molar-refractivity contribution < 1.29 is 18.1 Å². The lowest BCUT2D eigenvalue weighted by Crippen LogP contribution is -2.32. The summed E-state index contributed by atoms with van der Waals surface area (Å²) in [6, 6.07) is 4.09. The summed E-state index contributed by atoms with van der Waals surface area (Å²) in [6.07, 6.45) is -4.30. The van der Waals surface area contributed by atoms with E-state index in [0.717, 1.165) is 0 Å². The van der Waals surface area contributed by atoms with Crippen LogP contribution in [0.3, 0.4) is 0 Å². The zero-order chi connectivity index (χ0) is 15.8. The maximum Gasteiger partial charge on any atom is 0.399 e. The minimum atomic E-state index is -4.33. The molecule has 1 saturated carbocycles. The third-order valence-electron chi connectivity index (χ3n) is 3.58. The van der Waals surface area contributed by atoms with Crippen molar-refractivity contribution >= 4 is 17.3 Å². The van der Waals surface area contributed by atoms with Crippen LogP contribution < -0.4 is 5.32 Å². The largest absolute Gasteiger partial charge is 0.399 e. The predicted molar refractivity (Wildman–Crippen MR) is 71.8 cm³/mol. The molecule has 2 rings (SSSR count). The van der Waals surface area contributed by atoms with Gasteiger partial charge in [0.1, 0.15) is 10.4 Å². The third kappa shape index (κ3) is 2.97. The van der Waals surface area contributed by atoms with E-state index in [1.807, 2.05) is 0 Å². The second-order valence-corrected chi connectivity index (χ2v) is 5.36. The van der Waals surface area contributed by atoms with Gasteiger partial charge in [-0.3, -0.25) is 10.1 Å². The van der Waals surface area contributed by atoms with Crippen molar-refractivity contribution in [1.29, 1.82) is 0 Å². The Morgan fingerprint density at radius 1 is 1.48 bits per heavy atom. The van der Waals surface area contributed by atoms with E-state index in [9.17, 15) is 23.3 Å². The first-order valence-electron chi connectivity index (χ1n) is 6.10. The number of alkyl halides is 3. The van der Waals surface area contributed by atoms with Gasteiger partial charge in [-0.25, -0.2) is 0 Å². The van der Waals surface area contributed by atoms with Crippen molar-refractivity contribution in [3.8, 4) is 0 Å². The molecule has 1 aliphatic rings. The summed E-state index contributed by atoms with van der Waals surface area (Å²) in [5.41, 5.74) is -1.78. The molecular formula is C13H12ClF3N2O2. The number of rotatable bonds is 5. The number of hydrogen-bond donors (Lipinski definition) is 1. The van der Waals surface area contributed by atoms with E-state index in [4.69, 9.17) is 11.6 Å². The molecule has 0 heterocycles. The van der Waals surface area contributed by atoms with Crippen molar-refractivity contribution in [2.24, 2.45) is 5.41 Å². The van der Waals surface area contributed by atoms with Crippen LogP contribution in [0.5, 0.6) is 0 Å². The van der Waals surface area contributed by atoms with Gasteiger partial charge in [-0.1, -0.05) is 24.2 Å². The van der Waals surface area contributed by atoms with Crippen LogP contribution in [0.2, 0.25) is 5.02 Å².